The van der Waals surface area contributed by atoms with Gasteiger partial charge in [-0.1, -0.05) is 22.0 Å². The summed E-state index contributed by atoms with van der Waals surface area (Å²) in [4.78, 5) is 0. The third-order valence-corrected chi connectivity index (χ3v) is 3.70. The molecule has 1 N–H and O–H groups in total. The predicted molar refractivity (Wildman–Crippen MR) is 74.4 cm³/mol. The Morgan fingerprint density at radius 2 is 2.22 bits per heavy atom. The number of benzene rings is 1. The third-order valence-electron chi connectivity index (χ3n) is 3.21. The minimum atomic E-state index is 0.726. The van der Waals surface area contributed by atoms with Gasteiger partial charge in [-0.25, -0.2) is 0 Å². The van der Waals surface area contributed by atoms with Gasteiger partial charge in [0.1, 0.15) is 5.82 Å². The third kappa shape index (κ3) is 2.41. The van der Waals surface area contributed by atoms with E-state index in [1.54, 1.807) is 0 Å². The quantitative estimate of drug-likeness (QED) is 0.948. The number of anilines is 1. The lowest BCUT2D eigenvalue weighted by Crippen LogP contribution is -2.15. The number of nitrogens with one attached hydrogen (secondary N) is 1. The topological polar surface area (TPSA) is 42.7 Å². The SMILES string of the molecule is Brc1cccc(NCc2nnc3n2CCCC3)c1. The van der Waals surface area contributed by atoms with Gasteiger partial charge in [0.2, 0.25) is 0 Å². The standard InChI is InChI=1S/C13H15BrN4/c14-10-4-3-5-11(8-10)15-9-13-17-16-12-6-1-2-7-18(12)13/h3-5,8,15H,1-2,6-7,9H2. The highest BCUT2D eigenvalue weighted by atomic mass is 79.9. The van der Waals surface area contributed by atoms with Crippen LogP contribution in [-0.4, -0.2) is 14.8 Å². The summed E-state index contributed by atoms with van der Waals surface area (Å²) in [6.45, 7) is 1.78. The van der Waals surface area contributed by atoms with E-state index in [1.165, 1.54) is 12.8 Å². The molecule has 2 heterocycles. The molecule has 5 heteroatoms. The van der Waals surface area contributed by atoms with Crippen molar-refractivity contribution in [1.82, 2.24) is 14.8 Å². The van der Waals surface area contributed by atoms with E-state index in [0.29, 0.717) is 0 Å². The number of rotatable bonds is 3. The second kappa shape index (κ2) is 5.10. The van der Waals surface area contributed by atoms with E-state index in [-0.39, 0.29) is 0 Å². The van der Waals surface area contributed by atoms with Gasteiger partial charge in [0.25, 0.3) is 0 Å². The fourth-order valence-corrected chi connectivity index (χ4v) is 2.68. The Balaban J connectivity index is 1.72. The Labute approximate surface area is 115 Å². The highest BCUT2D eigenvalue weighted by Gasteiger charge is 2.15. The summed E-state index contributed by atoms with van der Waals surface area (Å²) in [5.74, 6) is 2.16. The summed E-state index contributed by atoms with van der Waals surface area (Å²) in [5, 5.41) is 11.9. The molecular weight excluding hydrogens is 292 g/mol. The van der Waals surface area contributed by atoms with Crippen LogP contribution < -0.4 is 5.32 Å². The maximum atomic E-state index is 4.27. The predicted octanol–water partition coefficient (Wildman–Crippen LogP) is 2.99. The number of fused-ring (bicyclic) bond motifs is 1. The number of hydrogen-bond acceptors (Lipinski definition) is 3. The van der Waals surface area contributed by atoms with Crippen molar-refractivity contribution in [3.63, 3.8) is 0 Å². The van der Waals surface area contributed by atoms with Gasteiger partial charge in [-0.3, -0.25) is 0 Å². The lowest BCUT2D eigenvalue weighted by molar-refractivity contribution is 0.510. The Kier molecular flexibility index (Phi) is 3.32. The minimum Gasteiger partial charge on any atom is -0.378 e. The summed E-state index contributed by atoms with van der Waals surface area (Å²) in [7, 11) is 0. The van der Waals surface area contributed by atoms with Gasteiger partial charge in [0.15, 0.2) is 5.82 Å². The molecule has 0 saturated heterocycles. The van der Waals surface area contributed by atoms with Crippen molar-refractivity contribution in [1.29, 1.82) is 0 Å². The summed E-state index contributed by atoms with van der Waals surface area (Å²) < 4.78 is 3.32. The molecule has 3 rings (SSSR count). The van der Waals surface area contributed by atoms with Gasteiger partial charge in [-0.2, -0.15) is 0 Å². The molecule has 0 radical (unpaired) electrons. The van der Waals surface area contributed by atoms with Crippen LogP contribution in [0.2, 0.25) is 0 Å². The van der Waals surface area contributed by atoms with Crippen molar-refractivity contribution in [3.8, 4) is 0 Å². The fraction of sp³-hybridized carbons (Fsp3) is 0.385. The molecule has 2 aromatic rings. The van der Waals surface area contributed by atoms with Crippen LogP contribution in [0, 0.1) is 0 Å². The molecule has 0 bridgehead atoms. The smallest absolute Gasteiger partial charge is 0.152 e. The first kappa shape index (κ1) is 11.7. The molecule has 1 aromatic carbocycles. The molecule has 4 nitrogen and oxygen atoms in total. The van der Waals surface area contributed by atoms with Crippen molar-refractivity contribution in [2.45, 2.75) is 32.4 Å². The van der Waals surface area contributed by atoms with E-state index in [4.69, 9.17) is 0 Å². The average Bonchev–Trinajstić information content (AvgIpc) is 2.80. The molecule has 0 atom stereocenters. The molecule has 1 aliphatic heterocycles. The van der Waals surface area contributed by atoms with Crippen molar-refractivity contribution in [2.75, 3.05) is 5.32 Å². The summed E-state index contributed by atoms with van der Waals surface area (Å²) >= 11 is 3.47. The lowest BCUT2D eigenvalue weighted by Gasteiger charge is -2.15. The van der Waals surface area contributed by atoms with Gasteiger partial charge in [-0.05, 0) is 31.0 Å². The maximum Gasteiger partial charge on any atom is 0.152 e. The first-order valence-corrected chi connectivity index (χ1v) is 7.02. The van der Waals surface area contributed by atoms with Crippen LogP contribution in [0.5, 0.6) is 0 Å². The van der Waals surface area contributed by atoms with Crippen LogP contribution >= 0.6 is 15.9 Å². The Morgan fingerprint density at radius 3 is 3.11 bits per heavy atom. The second-order valence-electron chi connectivity index (χ2n) is 4.51. The molecule has 0 amide bonds. The summed E-state index contributed by atoms with van der Waals surface area (Å²) in [5.41, 5.74) is 1.09. The first-order valence-electron chi connectivity index (χ1n) is 6.23. The number of aryl methyl sites for hydroxylation is 1. The van der Waals surface area contributed by atoms with Crippen LogP contribution in [0.4, 0.5) is 5.69 Å². The summed E-state index contributed by atoms with van der Waals surface area (Å²) in [6, 6.07) is 8.15. The van der Waals surface area contributed by atoms with Crippen LogP contribution in [0.3, 0.4) is 0 Å². The molecule has 1 aliphatic rings. The minimum absolute atomic E-state index is 0.726. The van der Waals surface area contributed by atoms with Crippen LogP contribution in [0.1, 0.15) is 24.5 Å². The van der Waals surface area contributed by atoms with Gasteiger partial charge in [0, 0.05) is 23.1 Å². The maximum absolute atomic E-state index is 4.27. The molecule has 0 aliphatic carbocycles. The Bertz CT molecular complexity index is 550. The van der Waals surface area contributed by atoms with E-state index in [9.17, 15) is 0 Å². The van der Waals surface area contributed by atoms with E-state index >= 15 is 0 Å². The zero-order valence-electron chi connectivity index (χ0n) is 10.1. The lowest BCUT2D eigenvalue weighted by atomic mass is 10.2. The van der Waals surface area contributed by atoms with Gasteiger partial charge in [-0.15, -0.1) is 10.2 Å². The second-order valence-corrected chi connectivity index (χ2v) is 5.42. The van der Waals surface area contributed by atoms with Gasteiger partial charge >= 0.3 is 0 Å². The highest BCUT2D eigenvalue weighted by molar-refractivity contribution is 9.10. The van der Waals surface area contributed by atoms with Crippen LogP contribution in [0.25, 0.3) is 0 Å². The zero-order chi connectivity index (χ0) is 12.4. The monoisotopic (exact) mass is 306 g/mol. The number of halogens is 1. The Morgan fingerprint density at radius 1 is 1.28 bits per heavy atom. The van der Waals surface area contributed by atoms with E-state index in [2.05, 4.69) is 48.1 Å². The first-order chi connectivity index (χ1) is 8.83. The van der Waals surface area contributed by atoms with Crippen molar-refractivity contribution in [2.24, 2.45) is 0 Å². The molecule has 18 heavy (non-hydrogen) atoms. The Hall–Kier alpha value is -1.36. The number of aromatic nitrogens is 3. The largest absolute Gasteiger partial charge is 0.378 e. The van der Waals surface area contributed by atoms with Crippen molar-refractivity contribution < 1.29 is 0 Å². The van der Waals surface area contributed by atoms with E-state index in [1.807, 2.05) is 12.1 Å². The molecule has 0 spiro atoms. The molecule has 0 unspecified atom stereocenters. The van der Waals surface area contributed by atoms with Gasteiger partial charge in [0.05, 0.1) is 6.54 Å². The molecule has 0 fully saturated rings. The number of nitrogens with zero attached hydrogens (tertiary/aromatic N) is 3. The normalized spacial score (nSPS) is 14.3. The fourth-order valence-electron chi connectivity index (χ4n) is 2.28. The van der Waals surface area contributed by atoms with E-state index in [0.717, 1.165) is 41.3 Å². The zero-order valence-corrected chi connectivity index (χ0v) is 11.7. The number of hydrogen-bond donors (Lipinski definition) is 1. The summed E-state index contributed by atoms with van der Waals surface area (Å²) in [6.07, 6.45) is 3.52. The van der Waals surface area contributed by atoms with Crippen molar-refractivity contribution in [3.05, 3.63) is 40.4 Å². The van der Waals surface area contributed by atoms with Crippen molar-refractivity contribution >= 4 is 21.6 Å². The van der Waals surface area contributed by atoms with Crippen LogP contribution in [0.15, 0.2) is 28.7 Å². The molecular formula is C13H15BrN4. The average molecular weight is 307 g/mol. The molecule has 0 saturated carbocycles. The molecule has 94 valence electrons. The molecule has 1 aromatic heterocycles. The van der Waals surface area contributed by atoms with E-state index < -0.39 is 0 Å². The highest BCUT2D eigenvalue weighted by Crippen LogP contribution is 2.18. The van der Waals surface area contributed by atoms with Crippen LogP contribution in [-0.2, 0) is 19.5 Å². The van der Waals surface area contributed by atoms with Gasteiger partial charge < -0.3 is 9.88 Å².